The maximum Gasteiger partial charge on any atom is 0.337 e. The van der Waals surface area contributed by atoms with Crippen molar-refractivity contribution in [2.45, 2.75) is 124 Å². The summed E-state index contributed by atoms with van der Waals surface area (Å²) in [4.78, 5) is 0. The van der Waals surface area contributed by atoms with Crippen molar-refractivity contribution in [2.75, 3.05) is 27.4 Å². The molecule has 0 aromatic rings. The van der Waals surface area contributed by atoms with E-state index >= 15 is 0 Å². The summed E-state index contributed by atoms with van der Waals surface area (Å²) in [7, 11) is 0.0232. The summed E-state index contributed by atoms with van der Waals surface area (Å²) >= 11 is 0. The average Bonchev–Trinajstić information content (AvgIpc) is 2.76. The lowest BCUT2D eigenvalue weighted by Crippen LogP contribution is -2.41. The van der Waals surface area contributed by atoms with Gasteiger partial charge in [0.2, 0.25) is 0 Å². The fraction of sp³-hybridized carbons (Fsp3) is 1.00. The average molecular weight is 451 g/mol. The van der Waals surface area contributed by atoms with Crippen LogP contribution in [-0.2, 0) is 17.7 Å². The number of unbranched alkanes of at least 4 members (excludes halogenated alkanes) is 4. The van der Waals surface area contributed by atoms with E-state index in [2.05, 4.69) is 41.5 Å². The third-order valence-corrected chi connectivity index (χ3v) is 12.9. The van der Waals surface area contributed by atoms with Crippen LogP contribution in [0, 0.1) is 0 Å². The second-order valence-corrected chi connectivity index (χ2v) is 15.0. The lowest BCUT2D eigenvalue weighted by molar-refractivity contribution is 0.196. The van der Waals surface area contributed by atoms with Crippen LogP contribution in [-0.4, -0.2) is 44.6 Å². The molecular weight excluding hydrogens is 396 g/mol. The highest BCUT2D eigenvalue weighted by Crippen LogP contribution is 2.25. The second kappa shape index (κ2) is 21.5. The molecule has 0 saturated carbocycles. The smallest absolute Gasteiger partial charge is 0.337 e. The Morgan fingerprint density at radius 3 is 1.07 bits per heavy atom. The maximum atomic E-state index is 6.05. The summed E-state index contributed by atoms with van der Waals surface area (Å²) < 4.78 is 23.4. The number of hydrogen-bond donors (Lipinski definition) is 0. The van der Waals surface area contributed by atoms with Crippen LogP contribution in [0.4, 0.5) is 0 Å². The Balaban J connectivity index is 0. The Labute approximate surface area is 185 Å². The van der Waals surface area contributed by atoms with Crippen molar-refractivity contribution in [3.8, 4) is 0 Å². The van der Waals surface area contributed by atoms with E-state index in [0.29, 0.717) is 0 Å². The van der Waals surface area contributed by atoms with Crippen molar-refractivity contribution in [2.24, 2.45) is 0 Å². The normalized spacial score (nSPS) is 12.0. The first kappa shape index (κ1) is 31.5. The van der Waals surface area contributed by atoms with Crippen molar-refractivity contribution in [3.63, 3.8) is 0 Å². The van der Waals surface area contributed by atoms with E-state index < -0.39 is 17.1 Å². The highest BCUT2D eigenvalue weighted by Gasteiger charge is 2.35. The molecule has 0 amide bonds. The number of rotatable bonds is 19. The quantitative estimate of drug-likeness (QED) is 0.188. The van der Waals surface area contributed by atoms with Gasteiger partial charge in [0.05, 0.1) is 0 Å². The molecule has 0 unspecified atom stereocenters. The van der Waals surface area contributed by atoms with Gasteiger partial charge in [0.15, 0.2) is 0 Å². The molecule has 0 aromatic heterocycles. The zero-order valence-corrected chi connectivity index (χ0v) is 23.2. The highest BCUT2D eigenvalue weighted by molar-refractivity contribution is 6.67. The van der Waals surface area contributed by atoms with Crippen molar-refractivity contribution in [1.29, 1.82) is 0 Å². The lowest BCUT2D eigenvalue weighted by atomic mass is 10.4. The second-order valence-electron chi connectivity index (χ2n) is 7.93. The molecule has 4 nitrogen and oxygen atoms in total. The summed E-state index contributed by atoms with van der Waals surface area (Å²) in [5.74, 6) is 0. The van der Waals surface area contributed by atoms with Crippen molar-refractivity contribution >= 4 is 17.1 Å². The molecule has 0 aliphatic rings. The SMILES string of the molecule is CCCC[Si](CCCC)(OC)OCC.CCCC[Si](CCCC)(OC)OCCC. The van der Waals surface area contributed by atoms with Crippen LogP contribution in [0.2, 0.25) is 24.2 Å². The van der Waals surface area contributed by atoms with Crippen molar-refractivity contribution in [1.82, 2.24) is 0 Å². The van der Waals surface area contributed by atoms with Gasteiger partial charge in [-0.15, -0.1) is 0 Å². The molecule has 0 heterocycles. The Hall–Kier alpha value is 0.274. The molecule has 178 valence electrons. The molecular formula is C23H54O4Si2. The predicted octanol–water partition coefficient (Wildman–Crippen LogP) is 7.81. The third-order valence-electron chi connectivity index (χ3n) is 5.37. The molecule has 29 heavy (non-hydrogen) atoms. The molecule has 0 atom stereocenters. The Morgan fingerprint density at radius 2 is 0.828 bits per heavy atom. The summed E-state index contributed by atoms with van der Waals surface area (Å²) in [5.41, 5.74) is 0. The van der Waals surface area contributed by atoms with E-state index in [-0.39, 0.29) is 0 Å². The summed E-state index contributed by atoms with van der Waals surface area (Å²) in [6, 6.07) is 4.65. The largest absolute Gasteiger partial charge is 0.398 e. The van der Waals surface area contributed by atoms with Crippen molar-refractivity contribution in [3.05, 3.63) is 0 Å². The lowest BCUT2D eigenvalue weighted by Gasteiger charge is -2.29. The molecule has 0 spiro atoms. The molecule has 0 radical (unpaired) electrons. The number of hydrogen-bond acceptors (Lipinski definition) is 4. The van der Waals surface area contributed by atoms with Gasteiger partial charge in [-0.1, -0.05) is 86.0 Å². The Morgan fingerprint density at radius 1 is 0.483 bits per heavy atom. The summed E-state index contributed by atoms with van der Waals surface area (Å²) in [6.07, 6.45) is 11.0. The fourth-order valence-corrected chi connectivity index (χ4v) is 10.2. The molecule has 0 N–H and O–H groups in total. The minimum atomic E-state index is -1.83. The van der Waals surface area contributed by atoms with Gasteiger partial charge in [-0.2, -0.15) is 0 Å². The topological polar surface area (TPSA) is 36.9 Å². The zero-order chi connectivity index (χ0) is 22.4. The summed E-state index contributed by atoms with van der Waals surface area (Å²) in [6.45, 7) is 14.8. The predicted molar refractivity (Wildman–Crippen MR) is 132 cm³/mol. The van der Waals surface area contributed by atoms with Gasteiger partial charge in [0.1, 0.15) is 0 Å². The fourth-order valence-electron chi connectivity index (χ4n) is 3.40. The molecule has 0 saturated heterocycles. The third kappa shape index (κ3) is 15.7. The van der Waals surface area contributed by atoms with Crippen LogP contribution >= 0.6 is 0 Å². The first-order valence-electron chi connectivity index (χ1n) is 12.4. The van der Waals surface area contributed by atoms with E-state index in [0.717, 1.165) is 31.7 Å². The van der Waals surface area contributed by atoms with Gasteiger partial charge in [-0.05, 0) is 37.5 Å². The highest BCUT2D eigenvalue weighted by atomic mass is 28.4. The standard InChI is InChI=1S/C12H28O2Si.C11H26O2Si/c1-5-8-11-15(13-4,12-9-6-2)14-10-7-3;1-5-8-10-14(12-4,13-7-3)11-9-6-2/h5-12H2,1-4H3;5-11H2,1-4H3. The monoisotopic (exact) mass is 450 g/mol. The van der Waals surface area contributed by atoms with Crippen LogP contribution in [0.1, 0.15) is 99.3 Å². The van der Waals surface area contributed by atoms with Crippen LogP contribution in [0.15, 0.2) is 0 Å². The van der Waals surface area contributed by atoms with Crippen LogP contribution in [0.3, 0.4) is 0 Å². The van der Waals surface area contributed by atoms with Gasteiger partial charge in [0, 0.05) is 27.4 Å². The van der Waals surface area contributed by atoms with E-state index in [1.54, 1.807) is 0 Å². The van der Waals surface area contributed by atoms with Gasteiger partial charge >= 0.3 is 17.1 Å². The summed E-state index contributed by atoms with van der Waals surface area (Å²) in [5, 5.41) is 0. The van der Waals surface area contributed by atoms with Crippen molar-refractivity contribution < 1.29 is 17.7 Å². The van der Waals surface area contributed by atoms with Gasteiger partial charge in [-0.25, -0.2) is 0 Å². The minimum absolute atomic E-state index is 0.799. The Bertz CT molecular complexity index is 300. The molecule has 0 bridgehead atoms. The molecule has 6 heteroatoms. The molecule has 0 aliphatic carbocycles. The van der Waals surface area contributed by atoms with Gasteiger partial charge in [-0.3, -0.25) is 0 Å². The van der Waals surface area contributed by atoms with E-state index in [1.807, 2.05) is 14.2 Å². The van der Waals surface area contributed by atoms with Crippen LogP contribution < -0.4 is 0 Å². The van der Waals surface area contributed by atoms with E-state index in [4.69, 9.17) is 17.7 Å². The molecule has 0 fully saturated rings. The Kier molecular flexibility index (Phi) is 23.3. The van der Waals surface area contributed by atoms with Gasteiger partial charge < -0.3 is 17.7 Å². The molecule has 0 aromatic carbocycles. The van der Waals surface area contributed by atoms with Crippen LogP contribution in [0.25, 0.3) is 0 Å². The first-order chi connectivity index (χ1) is 14.0. The van der Waals surface area contributed by atoms with Crippen LogP contribution in [0.5, 0.6) is 0 Å². The molecule has 0 rings (SSSR count). The zero-order valence-electron chi connectivity index (χ0n) is 21.2. The molecule has 0 aliphatic heterocycles. The first-order valence-corrected chi connectivity index (χ1v) is 16.8. The van der Waals surface area contributed by atoms with Gasteiger partial charge in [0.25, 0.3) is 0 Å². The van der Waals surface area contributed by atoms with E-state index in [1.165, 1.54) is 63.5 Å². The van der Waals surface area contributed by atoms with E-state index in [9.17, 15) is 0 Å². The maximum absolute atomic E-state index is 6.05. The minimum Gasteiger partial charge on any atom is -0.398 e.